The van der Waals surface area contributed by atoms with E-state index in [0.29, 0.717) is 42.5 Å². The van der Waals surface area contributed by atoms with Crippen molar-refractivity contribution in [1.82, 2.24) is 20.1 Å². The summed E-state index contributed by atoms with van der Waals surface area (Å²) in [4.78, 5) is 18.1. The van der Waals surface area contributed by atoms with Gasteiger partial charge in [0, 0.05) is 31.4 Å². The van der Waals surface area contributed by atoms with Crippen LogP contribution in [0.3, 0.4) is 0 Å². The van der Waals surface area contributed by atoms with Crippen molar-refractivity contribution >= 4 is 17.6 Å². The molecule has 2 aromatic heterocycles. The molecule has 0 aliphatic carbocycles. The zero-order valence-corrected chi connectivity index (χ0v) is 19.3. The first-order valence-electron chi connectivity index (χ1n) is 10.7. The minimum atomic E-state index is -4.41. The smallest absolute Gasteiger partial charge is 0.416 e. The Morgan fingerprint density at radius 2 is 1.82 bits per heavy atom. The van der Waals surface area contributed by atoms with Crippen molar-refractivity contribution in [2.45, 2.75) is 45.9 Å². The van der Waals surface area contributed by atoms with E-state index >= 15 is 0 Å². The highest BCUT2D eigenvalue weighted by atomic mass is 19.4. The second-order valence-electron chi connectivity index (χ2n) is 8.41. The fourth-order valence-corrected chi connectivity index (χ4v) is 2.96. The Morgan fingerprint density at radius 3 is 2.44 bits per heavy atom. The van der Waals surface area contributed by atoms with Crippen LogP contribution in [0.4, 0.5) is 29.5 Å². The zero-order chi connectivity index (χ0) is 24.9. The molecule has 1 aromatic carbocycles. The highest BCUT2D eigenvalue weighted by Gasteiger charge is 2.30. The van der Waals surface area contributed by atoms with E-state index in [9.17, 15) is 18.0 Å². The molecule has 0 radical (unpaired) electrons. The van der Waals surface area contributed by atoms with Gasteiger partial charge in [-0.25, -0.2) is 9.78 Å². The molecule has 0 saturated carbocycles. The Bertz CT molecular complexity index is 1110. The quantitative estimate of drug-likeness (QED) is 0.467. The van der Waals surface area contributed by atoms with Gasteiger partial charge in [0.25, 0.3) is 5.89 Å². The van der Waals surface area contributed by atoms with E-state index in [-0.39, 0.29) is 5.89 Å². The van der Waals surface area contributed by atoms with Crippen molar-refractivity contribution < 1.29 is 27.1 Å². The number of nitrogens with one attached hydrogen (secondary N) is 1. The van der Waals surface area contributed by atoms with Crippen LogP contribution in [-0.2, 0) is 17.3 Å². The van der Waals surface area contributed by atoms with Gasteiger partial charge < -0.3 is 19.4 Å². The van der Waals surface area contributed by atoms with E-state index in [1.807, 2.05) is 6.92 Å². The number of aromatic nitrogens is 3. The van der Waals surface area contributed by atoms with Crippen LogP contribution in [0.2, 0.25) is 0 Å². The van der Waals surface area contributed by atoms with Gasteiger partial charge in [-0.2, -0.15) is 13.2 Å². The third kappa shape index (κ3) is 6.69. The van der Waals surface area contributed by atoms with Crippen molar-refractivity contribution in [2.75, 3.05) is 18.4 Å². The average molecular weight is 477 g/mol. The monoisotopic (exact) mass is 477 g/mol. The predicted molar refractivity (Wildman–Crippen MR) is 119 cm³/mol. The fourth-order valence-electron chi connectivity index (χ4n) is 2.96. The van der Waals surface area contributed by atoms with Crippen LogP contribution in [0.15, 0.2) is 47.0 Å². The van der Waals surface area contributed by atoms with Crippen molar-refractivity contribution in [3.63, 3.8) is 0 Å². The first-order chi connectivity index (χ1) is 16.0. The van der Waals surface area contributed by atoms with Crippen molar-refractivity contribution in [1.29, 1.82) is 0 Å². The first kappa shape index (κ1) is 25.0. The number of rotatable bonds is 7. The van der Waals surface area contributed by atoms with Gasteiger partial charge in [0.2, 0.25) is 5.89 Å². The van der Waals surface area contributed by atoms with Gasteiger partial charge in [-0.05, 0) is 64.1 Å². The van der Waals surface area contributed by atoms with Crippen LogP contribution in [0, 0.1) is 0 Å². The molecular formula is C23H26F3N5O3. The predicted octanol–water partition coefficient (Wildman–Crippen LogP) is 5.69. The standard InChI is InChI=1S/C23H26F3N5O3/c1-5-31(21(32)34-22(2,3)4)14-12-18-29-30-20(33-18)17-7-6-13-27-19(17)28-16-10-8-15(9-11-16)23(24,25)26/h6-11,13H,5,12,14H2,1-4H3,(H,27,28). The first-order valence-corrected chi connectivity index (χ1v) is 10.7. The number of carbonyl (C=O) groups excluding carboxylic acids is 1. The number of hydrogen-bond donors (Lipinski definition) is 1. The lowest BCUT2D eigenvalue weighted by Gasteiger charge is -2.26. The summed E-state index contributed by atoms with van der Waals surface area (Å²) >= 11 is 0. The Morgan fingerprint density at radius 1 is 1.12 bits per heavy atom. The highest BCUT2D eigenvalue weighted by Crippen LogP contribution is 2.32. The Kier molecular flexibility index (Phi) is 7.43. The van der Waals surface area contributed by atoms with Gasteiger partial charge in [-0.1, -0.05) is 0 Å². The molecule has 0 atom stereocenters. The minimum Gasteiger partial charge on any atom is -0.444 e. The second kappa shape index (κ2) is 10.1. The molecule has 1 N–H and O–H groups in total. The van der Waals surface area contributed by atoms with E-state index in [2.05, 4.69) is 20.5 Å². The lowest BCUT2D eigenvalue weighted by molar-refractivity contribution is -0.137. The molecule has 182 valence electrons. The van der Waals surface area contributed by atoms with Crippen LogP contribution in [0.1, 0.15) is 39.1 Å². The topological polar surface area (TPSA) is 93.4 Å². The highest BCUT2D eigenvalue weighted by molar-refractivity contribution is 5.73. The fraction of sp³-hybridized carbons (Fsp3) is 0.391. The molecule has 11 heteroatoms. The van der Waals surface area contributed by atoms with Gasteiger partial charge in [0.15, 0.2) is 0 Å². The molecule has 2 heterocycles. The number of carbonyl (C=O) groups is 1. The van der Waals surface area contributed by atoms with Crippen molar-refractivity contribution in [3.8, 4) is 11.5 Å². The van der Waals surface area contributed by atoms with E-state index in [4.69, 9.17) is 9.15 Å². The van der Waals surface area contributed by atoms with Gasteiger partial charge in [0.05, 0.1) is 11.1 Å². The van der Waals surface area contributed by atoms with E-state index in [1.165, 1.54) is 23.2 Å². The molecule has 1 amide bonds. The number of nitrogens with zero attached hydrogens (tertiary/aromatic N) is 4. The summed E-state index contributed by atoms with van der Waals surface area (Å²) in [7, 11) is 0. The largest absolute Gasteiger partial charge is 0.444 e. The van der Waals surface area contributed by atoms with Crippen molar-refractivity contribution in [3.05, 3.63) is 54.0 Å². The van der Waals surface area contributed by atoms with E-state index < -0.39 is 23.4 Å². The number of anilines is 2. The molecule has 34 heavy (non-hydrogen) atoms. The van der Waals surface area contributed by atoms with Gasteiger partial charge in [0.1, 0.15) is 11.4 Å². The zero-order valence-electron chi connectivity index (χ0n) is 19.3. The normalized spacial score (nSPS) is 11.9. The number of hydrogen-bond acceptors (Lipinski definition) is 7. The molecule has 0 spiro atoms. The summed E-state index contributed by atoms with van der Waals surface area (Å²) in [5, 5.41) is 11.1. The Hall–Kier alpha value is -3.63. The van der Waals surface area contributed by atoms with Gasteiger partial charge in [-0.15, -0.1) is 10.2 Å². The third-order valence-electron chi connectivity index (χ3n) is 4.61. The van der Waals surface area contributed by atoms with Crippen LogP contribution in [0.25, 0.3) is 11.5 Å². The van der Waals surface area contributed by atoms with Crippen molar-refractivity contribution in [2.24, 2.45) is 0 Å². The lowest BCUT2D eigenvalue weighted by Crippen LogP contribution is -2.37. The maximum absolute atomic E-state index is 12.8. The molecule has 0 unspecified atom stereocenters. The molecule has 0 fully saturated rings. The van der Waals surface area contributed by atoms with Gasteiger partial charge in [-0.3, -0.25) is 0 Å². The number of amides is 1. The second-order valence-corrected chi connectivity index (χ2v) is 8.41. The van der Waals surface area contributed by atoms with Gasteiger partial charge >= 0.3 is 12.3 Å². The summed E-state index contributed by atoms with van der Waals surface area (Å²) in [6, 6.07) is 7.99. The number of ether oxygens (including phenoxy) is 1. The Balaban J connectivity index is 1.70. The Labute approximate surface area is 195 Å². The van der Waals surface area contributed by atoms with Crippen LogP contribution < -0.4 is 5.32 Å². The summed E-state index contributed by atoms with van der Waals surface area (Å²) in [5.41, 5.74) is -0.434. The van der Waals surface area contributed by atoms with E-state index in [0.717, 1.165) is 12.1 Å². The molecule has 0 bridgehead atoms. The summed E-state index contributed by atoms with van der Waals surface area (Å²) in [6.45, 7) is 8.03. The van der Waals surface area contributed by atoms with Crippen LogP contribution >= 0.6 is 0 Å². The summed E-state index contributed by atoms with van der Waals surface area (Å²) in [6.07, 6.45) is -2.98. The van der Waals surface area contributed by atoms with Crippen LogP contribution in [-0.4, -0.2) is 44.9 Å². The number of pyridine rings is 1. The molecule has 0 aliphatic rings. The van der Waals surface area contributed by atoms with Crippen LogP contribution in [0.5, 0.6) is 0 Å². The molecule has 3 rings (SSSR count). The average Bonchev–Trinajstić information content (AvgIpc) is 3.22. The SMILES string of the molecule is CCN(CCc1nnc(-c2cccnc2Nc2ccc(C(F)(F)F)cc2)o1)C(=O)OC(C)(C)C. The molecular weight excluding hydrogens is 451 g/mol. The number of halogens is 3. The number of benzene rings is 1. The molecule has 8 nitrogen and oxygen atoms in total. The number of alkyl halides is 3. The third-order valence-corrected chi connectivity index (χ3v) is 4.61. The molecule has 3 aromatic rings. The maximum atomic E-state index is 12.8. The maximum Gasteiger partial charge on any atom is 0.416 e. The molecule has 0 aliphatic heterocycles. The minimum absolute atomic E-state index is 0.192. The lowest BCUT2D eigenvalue weighted by atomic mass is 10.2. The summed E-state index contributed by atoms with van der Waals surface area (Å²) in [5.74, 6) is 0.862. The summed E-state index contributed by atoms with van der Waals surface area (Å²) < 4.78 is 49.5. The van der Waals surface area contributed by atoms with E-state index in [1.54, 1.807) is 32.9 Å². The molecule has 0 saturated heterocycles. The number of likely N-dealkylation sites (N-methyl/N-ethyl adjacent to an activating group) is 1.